The highest BCUT2D eigenvalue weighted by atomic mass is 16.5. The van der Waals surface area contributed by atoms with E-state index in [4.69, 9.17) is 14.2 Å². The molecule has 0 aromatic heterocycles. The van der Waals surface area contributed by atoms with E-state index in [1.807, 2.05) is 30.3 Å². The van der Waals surface area contributed by atoms with Crippen LogP contribution in [0.2, 0.25) is 0 Å². The minimum Gasteiger partial charge on any atom is -0.507 e. The molecular weight excluding hydrogens is 384 g/mol. The maximum absolute atomic E-state index is 12.6. The Kier molecular flexibility index (Phi) is 6.70. The molecule has 6 nitrogen and oxygen atoms in total. The molecule has 0 saturated carbocycles. The Balaban J connectivity index is 1.66. The van der Waals surface area contributed by atoms with Gasteiger partial charge in [-0.1, -0.05) is 30.3 Å². The molecule has 3 rings (SSSR count). The molecule has 0 heterocycles. The van der Waals surface area contributed by atoms with Crippen molar-refractivity contribution in [3.8, 4) is 23.0 Å². The third-order valence-electron chi connectivity index (χ3n) is 4.41. The summed E-state index contributed by atoms with van der Waals surface area (Å²) >= 11 is 0. The molecule has 0 amide bonds. The van der Waals surface area contributed by atoms with Gasteiger partial charge in [0, 0.05) is 17.7 Å². The quantitative estimate of drug-likeness (QED) is 0.423. The Hall–Kier alpha value is -3.80. The van der Waals surface area contributed by atoms with Crippen molar-refractivity contribution in [3.05, 3.63) is 89.8 Å². The molecule has 1 N–H and O–H groups in total. The van der Waals surface area contributed by atoms with E-state index < -0.39 is 11.6 Å². The number of phenols is 1. The van der Waals surface area contributed by atoms with Crippen molar-refractivity contribution in [2.45, 2.75) is 6.61 Å². The molecule has 0 atom stereocenters. The van der Waals surface area contributed by atoms with Crippen LogP contribution in [0.5, 0.6) is 23.0 Å². The van der Waals surface area contributed by atoms with Gasteiger partial charge in [-0.25, -0.2) is 0 Å². The lowest BCUT2D eigenvalue weighted by Crippen LogP contribution is -2.11. The van der Waals surface area contributed by atoms with Crippen LogP contribution in [0.15, 0.2) is 66.7 Å². The molecule has 1 radical (unpaired) electrons. The van der Waals surface area contributed by atoms with E-state index in [1.54, 1.807) is 24.3 Å². The van der Waals surface area contributed by atoms with Crippen LogP contribution >= 0.6 is 0 Å². The van der Waals surface area contributed by atoms with E-state index in [-0.39, 0.29) is 17.1 Å². The van der Waals surface area contributed by atoms with E-state index in [1.165, 1.54) is 26.4 Å². The molecule has 6 heteroatoms. The molecule has 0 aliphatic rings. The average Bonchev–Trinajstić information content (AvgIpc) is 2.77. The summed E-state index contributed by atoms with van der Waals surface area (Å²) in [5.41, 5.74) is 1.25. The molecular formula is C24H21O6. The predicted octanol–water partition coefficient (Wildman–Crippen LogP) is 4.26. The first kappa shape index (κ1) is 20.9. The SMILES string of the molecule is COc1cc(O)c(C(=O)[CH]C(=O)c2ccc(OCc3ccccc3)cc2)c(OC)c1. The number of hydrogen-bond donors (Lipinski definition) is 1. The average molecular weight is 405 g/mol. The number of carbonyl (C=O) groups is 2. The summed E-state index contributed by atoms with van der Waals surface area (Å²) in [4.78, 5) is 25.1. The van der Waals surface area contributed by atoms with Gasteiger partial charge in [0.05, 0.1) is 14.2 Å². The summed E-state index contributed by atoms with van der Waals surface area (Å²) in [5.74, 6) is -0.432. The molecule has 0 aliphatic carbocycles. The van der Waals surface area contributed by atoms with Crippen molar-refractivity contribution < 1.29 is 28.9 Å². The highest BCUT2D eigenvalue weighted by Gasteiger charge is 2.22. The lowest BCUT2D eigenvalue weighted by Gasteiger charge is -2.11. The van der Waals surface area contributed by atoms with E-state index in [9.17, 15) is 14.7 Å². The number of ketones is 2. The smallest absolute Gasteiger partial charge is 0.182 e. The highest BCUT2D eigenvalue weighted by Crippen LogP contribution is 2.34. The number of methoxy groups -OCH3 is 2. The molecule has 153 valence electrons. The second-order valence-electron chi connectivity index (χ2n) is 6.40. The summed E-state index contributed by atoms with van der Waals surface area (Å²) in [5, 5.41) is 10.1. The largest absolute Gasteiger partial charge is 0.507 e. The van der Waals surface area contributed by atoms with Gasteiger partial charge in [-0.3, -0.25) is 9.59 Å². The van der Waals surface area contributed by atoms with Crippen LogP contribution < -0.4 is 14.2 Å². The Morgan fingerprint density at radius 2 is 1.57 bits per heavy atom. The van der Waals surface area contributed by atoms with Crippen molar-refractivity contribution in [2.75, 3.05) is 14.2 Å². The van der Waals surface area contributed by atoms with Gasteiger partial charge in [-0.15, -0.1) is 0 Å². The standard InChI is InChI=1S/C24H21O6/c1-28-19-12-21(26)24(23(13-19)29-2)22(27)14-20(25)17-8-10-18(11-9-17)30-15-16-6-4-3-5-7-16/h3-14,26H,15H2,1-2H3. The first-order chi connectivity index (χ1) is 14.5. The third-order valence-corrected chi connectivity index (χ3v) is 4.41. The summed E-state index contributed by atoms with van der Waals surface area (Å²) < 4.78 is 15.9. The second kappa shape index (κ2) is 9.60. The zero-order valence-corrected chi connectivity index (χ0v) is 16.6. The monoisotopic (exact) mass is 405 g/mol. The summed E-state index contributed by atoms with van der Waals surface area (Å²) in [6, 6.07) is 19.0. The van der Waals surface area contributed by atoms with Crippen molar-refractivity contribution in [3.63, 3.8) is 0 Å². The molecule has 3 aromatic carbocycles. The van der Waals surface area contributed by atoms with Gasteiger partial charge < -0.3 is 19.3 Å². The summed E-state index contributed by atoms with van der Waals surface area (Å²) in [6.07, 6.45) is 0.921. The van der Waals surface area contributed by atoms with Gasteiger partial charge in [0.25, 0.3) is 0 Å². The number of phenolic OH excluding ortho intramolecular Hbond substituents is 1. The van der Waals surface area contributed by atoms with Gasteiger partial charge in [0.2, 0.25) is 0 Å². The highest BCUT2D eigenvalue weighted by molar-refractivity contribution is 6.24. The van der Waals surface area contributed by atoms with Crippen molar-refractivity contribution in [1.29, 1.82) is 0 Å². The molecule has 0 unspecified atom stereocenters. The van der Waals surface area contributed by atoms with Crippen LogP contribution in [0.1, 0.15) is 26.3 Å². The van der Waals surface area contributed by atoms with Crippen LogP contribution in [0.25, 0.3) is 0 Å². The Morgan fingerprint density at radius 1 is 0.867 bits per heavy atom. The maximum Gasteiger partial charge on any atom is 0.182 e. The van der Waals surface area contributed by atoms with Gasteiger partial charge in [0.1, 0.15) is 41.6 Å². The molecule has 0 bridgehead atoms. The summed E-state index contributed by atoms with van der Waals surface area (Å²) in [7, 11) is 2.79. The third kappa shape index (κ3) is 4.97. The number of aromatic hydroxyl groups is 1. The van der Waals surface area contributed by atoms with Crippen LogP contribution in [0.3, 0.4) is 0 Å². The number of carbonyl (C=O) groups excluding carboxylic acids is 2. The fourth-order valence-corrected chi connectivity index (χ4v) is 2.83. The zero-order chi connectivity index (χ0) is 21.5. The van der Waals surface area contributed by atoms with Crippen LogP contribution in [-0.4, -0.2) is 30.9 Å². The number of ether oxygens (including phenoxy) is 3. The van der Waals surface area contributed by atoms with E-state index in [0.717, 1.165) is 12.0 Å². The summed E-state index contributed by atoms with van der Waals surface area (Å²) in [6.45, 7) is 0.412. The number of hydrogen-bond acceptors (Lipinski definition) is 6. The normalized spacial score (nSPS) is 10.3. The second-order valence-corrected chi connectivity index (χ2v) is 6.40. The molecule has 0 spiro atoms. The molecule has 3 aromatic rings. The minimum atomic E-state index is -0.665. The van der Waals surface area contributed by atoms with Crippen LogP contribution in [0.4, 0.5) is 0 Å². The molecule has 0 fully saturated rings. The van der Waals surface area contributed by atoms with Gasteiger partial charge in [0.15, 0.2) is 11.6 Å². The maximum atomic E-state index is 12.6. The molecule has 0 saturated heterocycles. The van der Waals surface area contributed by atoms with E-state index >= 15 is 0 Å². The Bertz CT molecular complexity index is 1030. The number of Topliss-reactive ketones (excluding diaryl/α,β-unsaturated/α-hetero) is 2. The first-order valence-corrected chi connectivity index (χ1v) is 9.17. The minimum absolute atomic E-state index is 0.102. The number of rotatable bonds is 9. The lowest BCUT2D eigenvalue weighted by atomic mass is 10.00. The Labute approximate surface area is 174 Å². The predicted molar refractivity (Wildman–Crippen MR) is 111 cm³/mol. The lowest BCUT2D eigenvalue weighted by molar-refractivity contribution is 0.0953. The topological polar surface area (TPSA) is 82.1 Å². The van der Waals surface area contributed by atoms with Crippen molar-refractivity contribution in [2.24, 2.45) is 0 Å². The van der Waals surface area contributed by atoms with Crippen LogP contribution in [-0.2, 0) is 6.61 Å². The first-order valence-electron chi connectivity index (χ1n) is 9.17. The van der Waals surface area contributed by atoms with Crippen molar-refractivity contribution >= 4 is 11.6 Å². The fourth-order valence-electron chi connectivity index (χ4n) is 2.83. The Morgan fingerprint density at radius 3 is 2.20 bits per heavy atom. The number of benzene rings is 3. The van der Waals surface area contributed by atoms with Gasteiger partial charge in [-0.2, -0.15) is 0 Å². The van der Waals surface area contributed by atoms with Gasteiger partial charge >= 0.3 is 0 Å². The van der Waals surface area contributed by atoms with Crippen LogP contribution in [0, 0.1) is 6.42 Å². The van der Waals surface area contributed by atoms with Crippen molar-refractivity contribution in [1.82, 2.24) is 0 Å². The fraction of sp³-hybridized carbons (Fsp3) is 0.125. The van der Waals surface area contributed by atoms with Gasteiger partial charge in [-0.05, 0) is 29.8 Å². The molecule has 0 aliphatic heterocycles. The zero-order valence-electron chi connectivity index (χ0n) is 16.6. The molecule has 30 heavy (non-hydrogen) atoms. The van der Waals surface area contributed by atoms with E-state index in [2.05, 4.69) is 0 Å². The van der Waals surface area contributed by atoms with E-state index in [0.29, 0.717) is 23.7 Å².